The Morgan fingerprint density at radius 1 is 0.963 bits per heavy atom. The molecule has 0 aliphatic rings. The van der Waals surface area contributed by atoms with Crippen LogP contribution >= 0.6 is 11.3 Å². The van der Waals surface area contributed by atoms with E-state index in [1.807, 2.05) is 47.8 Å². The molecular formula is C20H20N2O3S2. The van der Waals surface area contributed by atoms with E-state index in [2.05, 4.69) is 10.0 Å². The Hall–Kier alpha value is -2.48. The van der Waals surface area contributed by atoms with Crippen LogP contribution in [0.3, 0.4) is 0 Å². The van der Waals surface area contributed by atoms with Crippen molar-refractivity contribution in [3.8, 4) is 0 Å². The fourth-order valence-corrected chi connectivity index (χ4v) is 4.29. The summed E-state index contributed by atoms with van der Waals surface area (Å²) in [6.07, 6.45) is 0.750. The molecule has 0 aliphatic heterocycles. The first-order valence-corrected chi connectivity index (χ1v) is 10.8. The molecule has 0 bridgehead atoms. The van der Waals surface area contributed by atoms with E-state index in [0.29, 0.717) is 12.1 Å². The summed E-state index contributed by atoms with van der Waals surface area (Å²) in [4.78, 5) is 13.6. The average Bonchev–Trinajstić information content (AvgIpc) is 3.21. The number of hydrogen-bond donors (Lipinski definition) is 2. The zero-order chi connectivity index (χ0) is 19.1. The highest BCUT2D eigenvalue weighted by Crippen LogP contribution is 2.13. The highest BCUT2D eigenvalue weighted by molar-refractivity contribution is 7.89. The second kappa shape index (κ2) is 8.94. The third kappa shape index (κ3) is 5.50. The molecule has 2 N–H and O–H groups in total. The Balaban J connectivity index is 1.62. The van der Waals surface area contributed by atoms with E-state index in [1.54, 1.807) is 23.5 Å². The van der Waals surface area contributed by atoms with Crippen LogP contribution < -0.4 is 10.0 Å². The molecule has 1 heterocycles. The fraction of sp³-hybridized carbons (Fsp3) is 0.150. The fourth-order valence-electron chi connectivity index (χ4n) is 2.52. The maximum Gasteiger partial charge on any atom is 0.251 e. The number of nitrogens with one attached hydrogen (secondary N) is 2. The number of carbonyl (C=O) groups excluding carboxylic acids is 1. The van der Waals surface area contributed by atoms with Gasteiger partial charge >= 0.3 is 0 Å². The average molecular weight is 401 g/mol. The van der Waals surface area contributed by atoms with Crippen molar-refractivity contribution in [2.45, 2.75) is 17.9 Å². The van der Waals surface area contributed by atoms with Gasteiger partial charge < -0.3 is 5.32 Å². The van der Waals surface area contributed by atoms with Crippen molar-refractivity contribution < 1.29 is 13.2 Å². The molecule has 2 aromatic carbocycles. The minimum absolute atomic E-state index is 0.0735. The number of hydrogen-bond acceptors (Lipinski definition) is 4. The largest absolute Gasteiger partial charge is 0.352 e. The van der Waals surface area contributed by atoms with Crippen LogP contribution in [0.2, 0.25) is 0 Å². The second-order valence-electron chi connectivity index (χ2n) is 5.92. The van der Waals surface area contributed by atoms with Crippen LogP contribution in [0.25, 0.3) is 0 Å². The number of thiophene rings is 1. The first kappa shape index (κ1) is 19.3. The Morgan fingerprint density at radius 3 is 2.52 bits per heavy atom. The van der Waals surface area contributed by atoms with E-state index in [-0.39, 0.29) is 17.3 Å². The van der Waals surface area contributed by atoms with E-state index in [1.165, 1.54) is 17.0 Å². The molecule has 1 amide bonds. The van der Waals surface area contributed by atoms with Gasteiger partial charge in [0.05, 0.1) is 4.90 Å². The molecule has 3 aromatic rings. The third-order valence-corrected chi connectivity index (χ3v) is 6.29. The quantitative estimate of drug-likeness (QED) is 0.610. The van der Waals surface area contributed by atoms with Crippen molar-refractivity contribution in [1.29, 1.82) is 0 Å². The minimum atomic E-state index is -3.70. The molecular weight excluding hydrogens is 380 g/mol. The Labute approximate surface area is 163 Å². The van der Waals surface area contributed by atoms with Crippen LogP contribution in [0, 0.1) is 0 Å². The standard InChI is InChI=1S/C20H20N2O3S2/c23-20(21-12-11-18-9-5-13-26-18)17-8-4-10-19(14-17)27(24,25)22-15-16-6-2-1-3-7-16/h1-10,13-14,22H,11-12,15H2,(H,21,23). The van der Waals surface area contributed by atoms with E-state index in [9.17, 15) is 13.2 Å². The molecule has 0 spiro atoms. The third-order valence-electron chi connectivity index (χ3n) is 3.95. The zero-order valence-electron chi connectivity index (χ0n) is 14.6. The summed E-state index contributed by atoms with van der Waals surface area (Å²) in [5.41, 5.74) is 1.19. The lowest BCUT2D eigenvalue weighted by Gasteiger charge is -2.09. The molecule has 1 aromatic heterocycles. The van der Waals surface area contributed by atoms with Crippen LogP contribution in [-0.4, -0.2) is 20.9 Å². The van der Waals surface area contributed by atoms with Gasteiger partial charge in [0.15, 0.2) is 0 Å². The van der Waals surface area contributed by atoms with Crippen LogP contribution in [0.1, 0.15) is 20.8 Å². The van der Waals surface area contributed by atoms with Crippen LogP contribution in [0.5, 0.6) is 0 Å². The summed E-state index contributed by atoms with van der Waals surface area (Å²) >= 11 is 1.64. The smallest absolute Gasteiger partial charge is 0.251 e. The van der Waals surface area contributed by atoms with Crippen molar-refractivity contribution >= 4 is 27.3 Å². The summed E-state index contributed by atoms with van der Waals surface area (Å²) in [5, 5.41) is 4.82. The van der Waals surface area contributed by atoms with Gasteiger partial charge in [-0.3, -0.25) is 4.79 Å². The molecule has 0 saturated heterocycles. The van der Waals surface area contributed by atoms with Gasteiger partial charge in [0.1, 0.15) is 0 Å². The summed E-state index contributed by atoms with van der Waals surface area (Å²) in [6.45, 7) is 0.697. The number of carbonyl (C=O) groups is 1. The molecule has 0 saturated carbocycles. The number of sulfonamides is 1. The minimum Gasteiger partial charge on any atom is -0.352 e. The molecule has 0 fully saturated rings. The molecule has 7 heteroatoms. The van der Waals surface area contributed by atoms with Gasteiger partial charge in [-0.25, -0.2) is 13.1 Å². The van der Waals surface area contributed by atoms with Gasteiger partial charge in [-0.1, -0.05) is 42.5 Å². The van der Waals surface area contributed by atoms with Crippen LogP contribution in [0.15, 0.2) is 77.0 Å². The van der Waals surface area contributed by atoms with Gasteiger partial charge in [-0.05, 0) is 41.6 Å². The SMILES string of the molecule is O=C(NCCc1cccs1)c1cccc(S(=O)(=O)NCc2ccccc2)c1. The molecule has 5 nitrogen and oxygen atoms in total. The maximum absolute atomic E-state index is 12.5. The predicted octanol–water partition coefficient (Wildman–Crippen LogP) is 3.20. The first-order chi connectivity index (χ1) is 13.0. The van der Waals surface area contributed by atoms with Crippen LogP contribution in [0.4, 0.5) is 0 Å². The Kier molecular flexibility index (Phi) is 6.39. The van der Waals surface area contributed by atoms with Crippen molar-refractivity contribution in [1.82, 2.24) is 10.0 Å². The lowest BCUT2D eigenvalue weighted by molar-refractivity contribution is 0.0954. The van der Waals surface area contributed by atoms with Crippen molar-refractivity contribution in [3.05, 3.63) is 88.1 Å². The monoisotopic (exact) mass is 400 g/mol. The highest BCUT2D eigenvalue weighted by Gasteiger charge is 2.16. The van der Waals surface area contributed by atoms with Gasteiger partial charge in [0.25, 0.3) is 5.91 Å². The molecule has 0 radical (unpaired) electrons. The van der Waals surface area contributed by atoms with Crippen molar-refractivity contribution in [3.63, 3.8) is 0 Å². The summed E-state index contributed by atoms with van der Waals surface area (Å²) in [7, 11) is -3.70. The van der Waals surface area contributed by atoms with E-state index < -0.39 is 10.0 Å². The van der Waals surface area contributed by atoms with Gasteiger partial charge in [0, 0.05) is 23.5 Å². The predicted molar refractivity (Wildman–Crippen MR) is 107 cm³/mol. The molecule has 140 valence electrons. The molecule has 3 rings (SSSR count). The number of rotatable bonds is 8. The van der Waals surface area contributed by atoms with E-state index in [0.717, 1.165) is 12.0 Å². The number of amides is 1. The first-order valence-electron chi connectivity index (χ1n) is 8.49. The summed E-state index contributed by atoms with van der Waals surface area (Å²) < 4.78 is 27.6. The highest BCUT2D eigenvalue weighted by atomic mass is 32.2. The van der Waals surface area contributed by atoms with Gasteiger partial charge in [0.2, 0.25) is 10.0 Å². The zero-order valence-corrected chi connectivity index (χ0v) is 16.2. The van der Waals surface area contributed by atoms with Crippen LogP contribution in [-0.2, 0) is 23.0 Å². The maximum atomic E-state index is 12.5. The molecule has 0 unspecified atom stereocenters. The van der Waals surface area contributed by atoms with E-state index in [4.69, 9.17) is 0 Å². The Bertz CT molecular complexity index is 985. The molecule has 0 aliphatic carbocycles. The topological polar surface area (TPSA) is 75.3 Å². The summed E-state index contributed by atoms with van der Waals surface area (Å²) in [6, 6.07) is 19.3. The van der Waals surface area contributed by atoms with E-state index >= 15 is 0 Å². The number of benzene rings is 2. The second-order valence-corrected chi connectivity index (χ2v) is 8.72. The Morgan fingerprint density at radius 2 is 1.78 bits per heavy atom. The molecule has 0 atom stereocenters. The lowest BCUT2D eigenvalue weighted by atomic mass is 10.2. The van der Waals surface area contributed by atoms with Gasteiger partial charge in [-0.2, -0.15) is 0 Å². The summed E-state index contributed by atoms with van der Waals surface area (Å²) in [5.74, 6) is -0.285. The van der Waals surface area contributed by atoms with Crippen molar-refractivity contribution in [2.75, 3.05) is 6.54 Å². The van der Waals surface area contributed by atoms with Crippen molar-refractivity contribution in [2.24, 2.45) is 0 Å². The molecule has 27 heavy (non-hydrogen) atoms. The normalized spacial score (nSPS) is 11.3. The lowest BCUT2D eigenvalue weighted by Crippen LogP contribution is -2.27. The van der Waals surface area contributed by atoms with Gasteiger partial charge in [-0.15, -0.1) is 11.3 Å².